The summed E-state index contributed by atoms with van der Waals surface area (Å²) in [6, 6.07) is 0. The summed E-state index contributed by atoms with van der Waals surface area (Å²) in [5, 5.41) is 0. The molecule has 0 saturated carbocycles. The van der Waals surface area contributed by atoms with Crippen LogP contribution in [0.3, 0.4) is 0 Å². The molecule has 0 N–H and O–H groups in total. The van der Waals surface area contributed by atoms with Crippen LogP contribution in [0, 0.1) is 0 Å². The van der Waals surface area contributed by atoms with Gasteiger partial charge in [0.05, 0.1) is 0 Å². The normalized spacial score (nSPS) is 18.8. The predicted octanol–water partition coefficient (Wildman–Crippen LogP) is 6.54. The second kappa shape index (κ2) is 9.04. The SMILES string of the molecule is C/C=C/CC1=CC=CC=C(C2=CC=CC=C(C/C=C/C)C2)C1. The van der Waals surface area contributed by atoms with Crippen LogP contribution in [0.5, 0.6) is 0 Å². The molecule has 2 aliphatic carbocycles. The molecule has 0 nitrogen and oxygen atoms in total. The first-order chi connectivity index (χ1) is 10.8. The molecule has 0 bridgehead atoms. The molecule has 0 radical (unpaired) electrons. The van der Waals surface area contributed by atoms with E-state index in [0.29, 0.717) is 0 Å². The summed E-state index contributed by atoms with van der Waals surface area (Å²) in [5.41, 5.74) is 5.85. The Labute approximate surface area is 135 Å². The molecule has 0 atom stereocenters. The quantitative estimate of drug-likeness (QED) is 0.504. The second-order valence-corrected chi connectivity index (χ2v) is 5.70. The highest BCUT2D eigenvalue weighted by Crippen LogP contribution is 2.30. The van der Waals surface area contributed by atoms with Gasteiger partial charge in [0.1, 0.15) is 0 Å². The molecule has 0 aromatic rings. The van der Waals surface area contributed by atoms with Gasteiger partial charge < -0.3 is 0 Å². The topological polar surface area (TPSA) is 0 Å². The number of rotatable bonds is 5. The van der Waals surface area contributed by atoms with Crippen LogP contribution in [-0.2, 0) is 0 Å². The van der Waals surface area contributed by atoms with Gasteiger partial charge >= 0.3 is 0 Å². The van der Waals surface area contributed by atoms with Gasteiger partial charge in [-0.2, -0.15) is 0 Å². The molecule has 0 amide bonds. The van der Waals surface area contributed by atoms with Gasteiger partial charge in [0, 0.05) is 0 Å². The van der Waals surface area contributed by atoms with Gasteiger partial charge in [-0.15, -0.1) is 0 Å². The van der Waals surface area contributed by atoms with Crippen molar-refractivity contribution in [2.45, 2.75) is 39.5 Å². The Balaban J connectivity index is 2.13. The van der Waals surface area contributed by atoms with E-state index < -0.39 is 0 Å². The van der Waals surface area contributed by atoms with Crippen LogP contribution in [0.2, 0.25) is 0 Å². The van der Waals surface area contributed by atoms with Crippen LogP contribution in [0.4, 0.5) is 0 Å². The first-order valence-electron chi connectivity index (χ1n) is 8.16. The smallest absolute Gasteiger partial charge is 0.00580 e. The molecule has 0 aromatic carbocycles. The molecule has 114 valence electrons. The number of hydrogen-bond donors (Lipinski definition) is 0. The van der Waals surface area contributed by atoms with Gasteiger partial charge in [0.15, 0.2) is 0 Å². The van der Waals surface area contributed by atoms with E-state index in [1.54, 1.807) is 0 Å². The van der Waals surface area contributed by atoms with Crippen molar-refractivity contribution in [2.24, 2.45) is 0 Å². The van der Waals surface area contributed by atoms with Crippen molar-refractivity contribution in [3.63, 3.8) is 0 Å². The third kappa shape index (κ3) is 5.04. The molecule has 22 heavy (non-hydrogen) atoms. The van der Waals surface area contributed by atoms with Crippen LogP contribution in [0.15, 0.2) is 95.2 Å². The van der Waals surface area contributed by atoms with E-state index in [1.165, 1.54) is 22.3 Å². The van der Waals surface area contributed by atoms with E-state index in [4.69, 9.17) is 0 Å². The van der Waals surface area contributed by atoms with E-state index in [-0.39, 0.29) is 0 Å². The van der Waals surface area contributed by atoms with E-state index >= 15 is 0 Å². The minimum Gasteiger partial charge on any atom is -0.0913 e. The lowest BCUT2D eigenvalue weighted by molar-refractivity contribution is 0.994. The minimum atomic E-state index is 1.04. The van der Waals surface area contributed by atoms with Gasteiger partial charge in [-0.05, 0) is 50.7 Å². The average molecular weight is 290 g/mol. The van der Waals surface area contributed by atoms with Crippen molar-refractivity contribution in [2.75, 3.05) is 0 Å². The summed E-state index contributed by atoms with van der Waals surface area (Å²) >= 11 is 0. The first kappa shape index (κ1) is 16.3. The third-order valence-corrected chi connectivity index (χ3v) is 3.96. The fourth-order valence-corrected chi connectivity index (χ4v) is 2.71. The lowest BCUT2D eigenvalue weighted by Crippen LogP contribution is -1.95. The van der Waals surface area contributed by atoms with Crippen molar-refractivity contribution in [3.05, 3.63) is 95.2 Å². The van der Waals surface area contributed by atoms with Crippen LogP contribution < -0.4 is 0 Å². The van der Waals surface area contributed by atoms with E-state index in [1.807, 2.05) is 0 Å². The molecule has 0 unspecified atom stereocenters. The first-order valence-corrected chi connectivity index (χ1v) is 8.16. The number of allylic oxidation sites excluding steroid dienone is 16. The Bertz CT molecular complexity index is 554. The van der Waals surface area contributed by atoms with Crippen molar-refractivity contribution < 1.29 is 0 Å². The van der Waals surface area contributed by atoms with Crippen LogP contribution >= 0.6 is 0 Å². The van der Waals surface area contributed by atoms with Gasteiger partial charge in [-0.25, -0.2) is 0 Å². The molecule has 0 spiro atoms. The highest BCUT2D eigenvalue weighted by Gasteiger charge is 2.11. The van der Waals surface area contributed by atoms with Crippen molar-refractivity contribution in [3.8, 4) is 0 Å². The molecule has 0 aromatic heterocycles. The molecule has 2 rings (SSSR count). The maximum Gasteiger partial charge on any atom is -0.00580 e. The maximum absolute atomic E-state index is 2.28. The lowest BCUT2D eigenvalue weighted by atomic mass is 9.91. The third-order valence-electron chi connectivity index (χ3n) is 3.96. The van der Waals surface area contributed by atoms with Gasteiger partial charge in [-0.1, -0.05) is 84.1 Å². The molecule has 0 heterocycles. The monoisotopic (exact) mass is 290 g/mol. The Morgan fingerprint density at radius 1 is 0.682 bits per heavy atom. The van der Waals surface area contributed by atoms with Crippen molar-refractivity contribution >= 4 is 0 Å². The molecule has 0 saturated heterocycles. The summed E-state index contributed by atoms with van der Waals surface area (Å²) < 4.78 is 0. The summed E-state index contributed by atoms with van der Waals surface area (Å²) in [7, 11) is 0. The number of hydrogen-bond acceptors (Lipinski definition) is 0. The Morgan fingerprint density at radius 3 is 1.50 bits per heavy atom. The largest absolute Gasteiger partial charge is 0.0913 e. The Kier molecular flexibility index (Phi) is 6.70. The van der Waals surface area contributed by atoms with E-state index in [2.05, 4.69) is 86.8 Å². The van der Waals surface area contributed by atoms with E-state index in [0.717, 1.165) is 25.7 Å². The van der Waals surface area contributed by atoms with Crippen LogP contribution in [-0.4, -0.2) is 0 Å². The van der Waals surface area contributed by atoms with Crippen molar-refractivity contribution in [1.29, 1.82) is 0 Å². The van der Waals surface area contributed by atoms with Crippen LogP contribution in [0.25, 0.3) is 0 Å². The summed E-state index contributed by atoms with van der Waals surface area (Å²) in [4.78, 5) is 0. The summed E-state index contributed by atoms with van der Waals surface area (Å²) in [6.07, 6.45) is 30.6. The molecule has 2 aliphatic rings. The fraction of sp³-hybridized carbons (Fsp3) is 0.273. The lowest BCUT2D eigenvalue weighted by Gasteiger charge is -2.13. The van der Waals surface area contributed by atoms with Crippen molar-refractivity contribution in [1.82, 2.24) is 0 Å². The molecule has 0 heteroatoms. The maximum atomic E-state index is 2.28. The Hall–Kier alpha value is -2.08. The zero-order valence-electron chi connectivity index (χ0n) is 13.8. The summed E-state index contributed by atoms with van der Waals surface area (Å²) in [5.74, 6) is 0. The average Bonchev–Trinajstić information content (AvgIpc) is 2.91. The zero-order chi connectivity index (χ0) is 15.6. The minimum absolute atomic E-state index is 1.04. The van der Waals surface area contributed by atoms with Gasteiger partial charge in [-0.3, -0.25) is 0 Å². The molecular weight excluding hydrogens is 264 g/mol. The Morgan fingerprint density at radius 2 is 1.09 bits per heavy atom. The highest BCUT2D eigenvalue weighted by molar-refractivity contribution is 5.46. The standard InChI is InChI=1S/C22H26/c1-3-5-11-19-13-7-9-15-21(17-19)22-16-10-8-14-20(18-22)12-6-4-2/h3-10,13-16H,11-12,17-18H2,1-2H3/b5-3+,6-4+. The summed E-state index contributed by atoms with van der Waals surface area (Å²) in [6.45, 7) is 4.17. The molecule has 0 aliphatic heterocycles. The van der Waals surface area contributed by atoms with Gasteiger partial charge in [0.25, 0.3) is 0 Å². The molecular formula is C22H26. The zero-order valence-corrected chi connectivity index (χ0v) is 13.8. The fourth-order valence-electron chi connectivity index (χ4n) is 2.71. The van der Waals surface area contributed by atoms with E-state index in [9.17, 15) is 0 Å². The molecule has 0 fully saturated rings. The predicted molar refractivity (Wildman–Crippen MR) is 98.7 cm³/mol. The highest BCUT2D eigenvalue weighted by atomic mass is 14.2. The second-order valence-electron chi connectivity index (χ2n) is 5.70. The van der Waals surface area contributed by atoms with Gasteiger partial charge in [0.2, 0.25) is 0 Å². The van der Waals surface area contributed by atoms with Crippen LogP contribution in [0.1, 0.15) is 39.5 Å².